The number of rotatable bonds is 4. The van der Waals surface area contributed by atoms with Gasteiger partial charge in [0.2, 0.25) is 0 Å². The van der Waals surface area contributed by atoms with Crippen LogP contribution >= 0.6 is 0 Å². The predicted octanol–water partition coefficient (Wildman–Crippen LogP) is 3.06. The Kier molecular flexibility index (Phi) is 4.59. The molecule has 0 saturated heterocycles. The van der Waals surface area contributed by atoms with Crippen LogP contribution in [0.4, 0.5) is 10.1 Å². The van der Waals surface area contributed by atoms with E-state index in [9.17, 15) is 14.0 Å². The van der Waals surface area contributed by atoms with Gasteiger partial charge in [-0.2, -0.15) is 0 Å². The molecule has 8 heteroatoms. The summed E-state index contributed by atoms with van der Waals surface area (Å²) in [5.74, 6) is -0.862. The Hall–Kier alpha value is -3.94. The number of amides is 1. The Balaban J connectivity index is 1.70. The summed E-state index contributed by atoms with van der Waals surface area (Å²) in [7, 11) is 1.75. The van der Waals surface area contributed by atoms with E-state index >= 15 is 0 Å². The third kappa shape index (κ3) is 3.25. The summed E-state index contributed by atoms with van der Waals surface area (Å²) in [6.07, 6.45) is 2.86. The van der Waals surface area contributed by atoms with Crippen molar-refractivity contribution in [3.63, 3.8) is 0 Å². The molecule has 7 nitrogen and oxygen atoms in total. The first-order chi connectivity index (χ1) is 14.0. The highest BCUT2D eigenvalue weighted by atomic mass is 19.1. The summed E-state index contributed by atoms with van der Waals surface area (Å²) in [5.41, 5.74) is 1.97. The molecule has 0 saturated carbocycles. The molecular weight excluding hydrogens is 373 g/mol. The highest BCUT2D eigenvalue weighted by molar-refractivity contribution is 6.03. The molecule has 0 spiro atoms. The Labute approximate surface area is 165 Å². The minimum absolute atomic E-state index is 0.188. The van der Waals surface area contributed by atoms with Gasteiger partial charge in [-0.3, -0.25) is 18.8 Å². The van der Waals surface area contributed by atoms with E-state index in [2.05, 4.69) is 10.3 Å². The van der Waals surface area contributed by atoms with Crippen molar-refractivity contribution in [1.82, 2.24) is 18.9 Å². The van der Waals surface area contributed by atoms with E-state index < -0.39 is 5.91 Å². The van der Waals surface area contributed by atoms with Gasteiger partial charge in [0.25, 0.3) is 11.5 Å². The van der Waals surface area contributed by atoms with E-state index in [1.165, 1.54) is 33.9 Å². The Morgan fingerprint density at radius 2 is 1.72 bits per heavy atom. The molecule has 0 atom stereocenters. The lowest BCUT2D eigenvalue weighted by molar-refractivity contribution is 0.102. The molecule has 1 amide bonds. The van der Waals surface area contributed by atoms with Gasteiger partial charge in [-0.15, -0.1) is 0 Å². The summed E-state index contributed by atoms with van der Waals surface area (Å²) in [4.78, 5) is 29.9. The zero-order valence-electron chi connectivity index (χ0n) is 15.8. The smallest absolute Gasteiger partial charge is 0.295 e. The van der Waals surface area contributed by atoms with Crippen LogP contribution in [0.1, 0.15) is 16.2 Å². The van der Waals surface area contributed by atoms with Crippen molar-refractivity contribution in [2.45, 2.75) is 6.92 Å². The topological polar surface area (TPSA) is 73.8 Å². The van der Waals surface area contributed by atoms with E-state index in [1.54, 1.807) is 30.8 Å². The molecule has 2 heterocycles. The average molecular weight is 391 g/mol. The van der Waals surface area contributed by atoms with Crippen molar-refractivity contribution in [3.05, 3.63) is 94.7 Å². The lowest BCUT2D eigenvalue weighted by Gasteiger charge is -2.08. The number of hydrogen-bond donors (Lipinski definition) is 1. The number of halogens is 1. The van der Waals surface area contributed by atoms with Gasteiger partial charge >= 0.3 is 0 Å². The fraction of sp³-hybridized carbons (Fsp3) is 0.0952. The van der Waals surface area contributed by atoms with E-state index in [4.69, 9.17) is 0 Å². The largest absolute Gasteiger partial charge is 0.314 e. The van der Waals surface area contributed by atoms with Gasteiger partial charge in [-0.25, -0.2) is 14.1 Å². The first-order valence-electron chi connectivity index (χ1n) is 8.91. The van der Waals surface area contributed by atoms with Crippen LogP contribution in [-0.4, -0.2) is 24.8 Å². The van der Waals surface area contributed by atoms with Gasteiger partial charge in [0.1, 0.15) is 17.2 Å². The van der Waals surface area contributed by atoms with Crippen LogP contribution in [0.15, 0.2) is 71.9 Å². The highest BCUT2D eigenvalue weighted by Crippen LogP contribution is 2.17. The molecule has 146 valence electrons. The number of imidazole rings is 1. The first kappa shape index (κ1) is 18.4. The fourth-order valence-corrected chi connectivity index (χ4v) is 3.16. The molecule has 4 rings (SSSR count). The molecule has 0 bridgehead atoms. The third-order valence-electron chi connectivity index (χ3n) is 4.77. The maximum atomic E-state index is 13.2. The second kappa shape index (κ2) is 7.23. The van der Waals surface area contributed by atoms with E-state index in [-0.39, 0.29) is 22.8 Å². The monoisotopic (exact) mass is 391 g/mol. The molecule has 29 heavy (non-hydrogen) atoms. The van der Waals surface area contributed by atoms with Gasteiger partial charge in [-0.1, -0.05) is 18.2 Å². The Morgan fingerprint density at radius 1 is 1.03 bits per heavy atom. The van der Waals surface area contributed by atoms with Crippen molar-refractivity contribution in [1.29, 1.82) is 0 Å². The quantitative estimate of drug-likeness (QED) is 0.581. The Bertz CT molecular complexity index is 1240. The number of carbonyl (C=O) groups excluding carboxylic acids is 1. The number of hydrogen-bond acceptors (Lipinski definition) is 3. The van der Waals surface area contributed by atoms with Gasteiger partial charge in [-0.05, 0) is 43.3 Å². The van der Waals surface area contributed by atoms with Gasteiger partial charge in [0.05, 0.1) is 23.9 Å². The number of carbonyl (C=O) groups is 1. The summed E-state index contributed by atoms with van der Waals surface area (Å²) >= 11 is 0. The molecular formula is C21H18FN5O2. The van der Waals surface area contributed by atoms with Crippen molar-refractivity contribution < 1.29 is 9.18 Å². The van der Waals surface area contributed by atoms with Crippen LogP contribution in [-0.2, 0) is 7.05 Å². The Morgan fingerprint density at radius 3 is 2.41 bits per heavy atom. The fourth-order valence-electron chi connectivity index (χ4n) is 3.16. The van der Waals surface area contributed by atoms with Crippen LogP contribution in [0.5, 0.6) is 0 Å². The van der Waals surface area contributed by atoms with Crippen LogP contribution in [0.3, 0.4) is 0 Å². The first-order valence-corrected chi connectivity index (χ1v) is 8.91. The lowest BCUT2D eigenvalue weighted by Crippen LogP contribution is -2.23. The molecule has 0 radical (unpaired) electrons. The van der Waals surface area contributed by atoms with E-state index in [0.29, 0.717) is 17.1 Å². The predicted molar refractivity (Wildman–Crippen MR) is 107 cm³/mol. The van der Waals surface area contributed by atoms with E-state index in [1.807, 2.05) is 30.3 Å². The minimum atomic E-state index is -0.488. The van der Waals surface area contributed by atoms with E-state index in [0.717, 1.165) is 0 Å². The van der Waals surface area contributed by atoms with Crippen LogP contribution < -0.4 is 10.9 Å². The molecule has 4 aromatic rings. The van der Waals surface area contributed by atoms with Crippen LogP contribution in [0, 0.1) is 12.7 Å². The molecule has 1 N–H and O–H groups in total. The molecule has 0 aliphatic rings. The molecule has 0 aliphatic carbocycles. The third-order valence-corrected chi connectivity index (χ3v) is 4.77. The molecule has 2 aromatic carbocycles. The second-order valence-electron chi connectivity index (χ2n) is 6.52. The number of aromatic nitrogens is 4. The minimum Gasteiger partial charge on any atom is -0.314 e. The number of nitrogens with one attached hydrogen (secondary N) is 1. The molecule has 2 aromatic heterocycles. The number of benzene rings is 2. The maximum Gasteiger partial charge on any atom is 0.295 e. The summed E-state index contributed by atoms with van der Waals surface area (Å²) in [6, 6.07) is 14.9. The number of nitrogens with zero attached hydrogens (tertiary/aromatic N) is 4. The summed E-state index contributed by atoms with van der Waals surface area (Å²) in [6.45, 7) is 1.76. The van der Waals surface area contributed by atoms with Gasteiger partial charge < -0.3 is 5.32 Å². The zero-order chi connectivity index (χ0) is 20.5. The van der Waals surface area contributed by atoms with Gasteiger partial charge in [0, 0.05) is 12.7 Å². The van der Waals surface area contributed by atoms with Crippen molar-refractivity contribution in [3.8, 4) is 11.4 Å². The average Bonchev–Trinajstić information content (AvgIpc) is 3.29. The number of para-hydroxylation sites is 1. The van der Waals surface area contributed by atoms with Crippen LogP contribution in [0.2, 0.25) is 0 Å². The zero-order valence-corrected chi connectivity index (χ0v) is 15.8. The molecule has 0 aliphatic heterocycles. The van der Waals surface area contributed by atoms with Crippen molar-refractivity contribution >= 4 is 11.6 Å². The van der Waals surface area contributed by atoms with Gasteiger partial charge in [0.15, 0.2) is 0 Å². The SMILES string of the molecule is Cc1c(NC(=O)c2cncn2-c2ccc(F)cc2)c(=O)n(-c2ccccc2)n1C. The van der Waals surface area contributed by atoms with Crippen LogP contribution in [0.25, 0.3) is 11.4 Å². The van der Waals surface area contributed by atoms with Crippen molar-refractivity contribution in [2.24, 2.45) is 7.05 Å². The highest BCUT2D eigenvalue weighted by Gasteiger charge is 2.21. The lowest BCUT2D eigenvalue weighted by atomic mass is 10.3. The standard InChI is InChI=1S/C21H18FN5O2/c1-14-19(21(29)27(25(14)2)17-6-4-3-5-7-17)24-20(28)18-12-23-13-26(18)16-10-8-15(22)9-11-16/h3-13H,1-2H3,(H,24,28). The normalized spacial score (nSPS) is 10.9. The maximum absolute atomic E-state index is 13.2. The molecule has 0 unspecified atom stereocenters. The summed E-state index contributed by atoms with van der Waals surface area (Å²) in [5, 5.41) is 2.71. The second-order valence-corrected chi connectivity index (χ2v) is 6.52. The van der Waals surface area contributed by atoms with Crippen molar-refractivity contribution in [2.75, 3.05) is 5.32 Å². The summed E-state index contributed by atoms with van der Waals surface area (Å²) < 4.78 is 17.9. The number of anilines is 1. The molecule has 0 fully saturated rings.